The van der Waals surface area contributed by atoms with Gasteiger partial charge in [-0.25, -0.2) is 0 Å². The molecular weight excluding hydrogens is 329 g/mol. The fourth-order valence-electron chi connectivity index (χ4n) is 2.36. The average molecular weight is 348 g/mol. The molecule has 0 heterocycles. The van der Waals surface area contributed by atoms with E-state index in [1.165, 1.54) is 6.08 Å². The Kier molecular flexibility index (Phi) is 6.26. The summed E-state index contributed by atoms with van der Waals surface area (Å²) in [5, 5.41) is 3.96. The second kappa shape index (κ2) is 8.19. The van der Waals surface area contributed by atoms with Crippen molar-refractivity contribution in [3.8, 4) is 0 Å². The molecule has 0 spiro atoms. The number of anilines is 1. The lowest BCUT2D eigenvalue weighted by molar-refractivity contribution is -0.111. The summed E-state index contributed by atoms with van der Waals surface area (Å²) >= 11 is 11.9. The van der Waals surface area contributed by atoms with Crippen LogP contribution in [-0.4, -0.2) is 5.91 Å². The van der Waals surface area contributed by atoms with Gasteiger partial charge in [0.05, 0.1) is 10.0 Å². The third-order valence-electron chi connectivity index (χ3n) is 3.62. The van der Waals surface area contributed by atoms with Crippen LogP contribution in [0.3, 0.4) is 0 Å². The van der Waals surface area contributed by atoms with Crippen LogP contribution in [0.4, 0.5) is 5.69 Å². The number of carbonyl (C=O) groups is 1. The summed E-state index contributed by atoms with van der Waals surface area (Å²) in [7, 11) is 0. The van der Waals surface area contributed by atoms with Gasteiger partial charge in [0.1, 0.15) is 0 Å². The number of benzene rings is 2. The Morgan fingerprint density at radius 3 is 2.26 bits per heavy atom. The Hall–Kier alpha value is -1.77. The second-order valence-electron chi connectivity index (χ2n) is 5.15. The molecule has 2 aromatic rings. The number of rotatable bonds is 5. The first kappa shape index (κ1) is 17.6. The summed E-state index contributed by atoms with van der Waals surface area (Å²) in [5.41, 5.74) is 4.02. The summed E-state index contributed by atoms with van der Waals surface area (Å²) in [6.07, 6.45) is 4.98. The number of carbonyl (C=O) groups excluding carboxylic acids is 1. The number of hydrogen-bond acceptors (Lipinski definition) is 1. The van der Waals surface area contributed by atoms with Gasteiger partial charge in [0, 0.05) is 11.8 Å². The molecule has 0 aliphatic carbocycles. The van der Waals surface area contributed by atoms with E-state index in [-0.39, 0.29) is 5.91 Å². The maximum Gasteiger partial charge on any atom is 0.248 e. The molecule has 0 saturated heterocycles. The maximum absolute atomic E-state index is 12.2. The maximum atomic E-state index is 12.2. The number of amides is 1. The van der Waals surface area contributed by atoms with Crippen LogP contribution in [0.5, 0.6) is 0 Å². The highest BCUT2D eigenvalue weighted by Crippen LogP contribution is 2.24. The zero-order valence-corrected chi connectivity index (χ0v) is 14.7. The first-order valence-corrected chi connectivity index (χ1v) is 8.35. The van der Waals surface area contributed by atoms with Crippen molar-refractivity contribution in [2.24, 2.45) is 0 Å². The summed E-state index contributed by atoms with van der Waals surface area (Å²) < 4.78 is 0. The van der Waals surface area contributed by atoms with Gasteiger partial charge in [0.25, 0.3) is 0 Å². The molecule has 0 fully saturated rings. The molecule has 0 aliphatic rings. The number of hydrogen-bond donors (Lipinski definition) is 1. The van der Waals surface area contributed by atoms with E-state index in [0.29, 0.717) is 10.0 Å². The SMILES string of the molecule is CCc1cccc(CC)c1NC(=O)C=Cc1ccc(Cl)c(Cl)c1. The van der Waals surface area contributed by atoms with Gasteiger partial charge < -0.3 is 5.32 Å². The molecule has 0 radical (unpaired) electrons. The minimum Gasteiger partial charge on any atom is -0.322 e. The highest BCUT2D eigenvalue weighted by atomic mass is 35.5. The van der Waals surface area contributed by atoms with Crippen LogP contribution >= 0.6 is 23.2 Å². The molecule has 2 rings (SSSR count). The molecule has 0 bridgehead atoms. The monoisotopic (exact) mass is 347 g/mol. The molecule has 0 unspecified atom stereocenters. The minimum absolute atomic E-state index is 0.160. The predicted octanol–water partition coefficient (Wildman–Crippen LogP) is 5.77. The van der Waals surface area contributed by atoms with Gasteiger partial charge >= 0.3 is 0 Å². The van der Waals surface area contributed by atoms with Crippen molar-refractivity contribution in [1.82, 2.24) is 0 Å². The first-order chi connectivity index (χ1) is 11.0. The smallest absolute Gasteiger partial charge is 0.248 e. The molecule has 2 aromatic carbocycles. The number of nitrogens with one attached hydrogen (secondary N) is 1. The fourth-order valence-corrected chi connectivity index (χ4v) is 2.66. The normalized spacial score (nSPS) is 11.0. The third-order valence-corrected chi connectivity index (χ3v) is 4.36. The number of halogens is 2. The van der Waals surface area contributed by atoms with Gasteiger partial charge in [-0.2, -0.15) is 0 Å². The Morgan fingerprint density at radius 2 is 1.70 bits per heavy atom. The van der Waals surface area contributed by atoms with E-state index in [1.54, 1.807) is 18.2 Å². The van der Waals surface area contributed by atoms with Crippen molar-refractivity contribution < 1.29 is 4.79 Å². The molecule has 1 N–H and O–H groups in total. The molecule has 0 aliphatic heterocycles. The lowest BCUT2D eigenvalue weighted by Gasteiger charge is -2.13. The minimum atomic E-state index is -0.160. The van der Waals surface area contributed by atoms with E-state index in [4.69, 9.17) is 23.2 Å². The van der Waals surface area contributed by atoms with Crippen LogP contribution in [0.1, 0.15) is 30.5 Å². The van der Waals surface area contributed by atoms with Crippen LogP contribution in [0.25, 0.3) is 6.08 Å². The van der Waals surface area contributed by atoms with Crippen molar-refractivity contribution in [2.75, 3.05) is 5.32 Å². The lowest BCUT2D eigenvalue weighted by atomic mass is 10.0. The number of aryl methyl sites for hydroxylation is 2. The average Bonchev–Trinajstić information content (AvgIpc) is 2.56. The largest absolute Gasteiger partial charge is 0.322 e. The van der Waals surface area contributed by atoms with Gasteiger partial charge in [0.2, 0.25) is 5.91 Å². The van der Waals surface area contributed by atoms with Crippen LogP contribution in [0.2, 0.25) is 10.0 Å². The van der Waals surface area contributed by atoms with E-state index in [0.717, 1.165) is 35.2 Å². The van der Waals surface area contributed by atoms with E-state index in [9.17, 15) is 4.79 Å². The Morgan fingerprint density at radius 1 is 1.04 bits per heavy atom. The van der Waals surface area contributed by atoms with Crippen LogP contribution < -0.4 is 5.32 Å². The highest BCUT2D eigenvalue weighted by Gasteiger charge is 2.08. The molecule has 0 aromatic heterocycles. The summed E-state index contributed by atoms with van der Waals surface area (Å²) in [6.45, 7) is 4.16. The zero-order valence-electron chi connectivity index (χ0n) is 13.2. The summed E-state index contributed by atoms with van der Waals surface area (Å²) in [6, 6.07) is 11.4. The molecular formula is C19H19Cl2NO. The molecule has 23 heavy (non-hydrogen) atoms. The first-order valence-electron chi connectivity index (χ1n) is 7.60. The zero-order chi connectivity index (χ0) is 16.8. The fraction of sp³-hybridized carbons (Fsp3) is 0.211. The molecule has 1 amide bonds. The Balaban J connectivity index is 2.16. The molecule has 4 heteroatoms. The van der Waals surface area contributed by atoms with Crippen LogP contribution in [0.15, 0.2) is 42.5 Å². The van der Waals surface area contributed by atoms with Gasteiger partial charge in [-0.3, -0.25) is 4.79 Å². The van der Waals surface area contributed by atoms with Gasteiger partial charge in [-0.05, 0) is 47.7 Å². The predicted molar refractivity (Wildman–Crippen MR) is 99.3 cm³/mol. The van der Waals surface area contributed by atoms with Crippen molar-refractivity contribution in [3.05, 3.63) is 69.2 Å². The Labute approximate surface area is 147 Å². The van der Waals surface area contributed by atoms with Crippen molar-refractivity contribution in [2.45, 2.75) is 26.7 Å². The topological polar surface area (TPSA) is 29.1 Å². The molecule has 0 saturated carbocycles. The van der Waals surface area contributed by atoms with E-state index < -0.39 is 0 Å². The van der Waals surface area contributed by atoms with Crippen molar-refractivity contribution in [1.29, 1.82) is 0 Å². The molecule has 0 atom stereocenters. The van der Waals surface area contributed by atoms with E-state index in [1.807, 2.05) is 24.3 Å². The van der Waals surface area contributed by atoms with Gasteiger partial charge in [0.15, 0.2) is 0 Å². The summed E-state index contributed by atoms with van der Waals surface area (Å²) in [5.74, 6) is -0.160. The molecule has 2 nitrogen and oxygen atoms in total. The highest BCUT2D eigenvalue weighted by molar-refractivity contribution is 6.42. The Bertz CT molecular complexity index is 716. The van der Waals surface area contributed by atoms with Crippen molar-refractivity contribution >= 4 is 40.9 Å². The standard InChI is InChI=1S/C19H19Cl2NO/c1-3-14-6-5-7-15(4-2)19(14)22-18(23)11-9-13-8-10-16(20)17(21)12-13/h5-12H,3-4H2,1-2H3,(H,22,23). The van der Waals surface area contributed by atoms with Crippen molar-refractivity contribution in [3.63, 3.8) is 0 Å². The van der Waals surface area contributed by atoms with Crippen LogP contribution in [0, 0.1) is 0 Å². The quantitative estimate of drug-likeness (QED) is 0.683. The second-order valence-corrected chi connectivity index (χ2v) is 5.97. The third kappa shape index (κ3) is 4.60. The van der Waals surface area contributed by atoms with E-state index in [2.05, 4.69) is 19.2 Å². The molecule has 120 valence electrons. The van der Waals surface area contributed by atoms with Crippen LogP contribution in [-0.2, 0) is 17.6 Å². The van der Waals surface area contributed by atoms with Gasteiger partial charge in [-0.15, -0.1) is 0 Å². The summed E-state index contributed by atoms with van der Waals surface area (Å²) in [4.78, 5) is 12.2. The van der Waals surface area contributed by atoms with Gasteiger partial charge in [-0.1, -0.05) is 61.3 Å². The lowest BCUT2D eigenvalue weighted by Crippen LogP contribution is -2.11. The number of para-hydroxylation sites is 1. The van der Waals surface area contributed by atoms with E-state index >= 15 is 0 Å².